The summed E-state index contributed by atoms with van der Waals surface area (Å²) in [7, 11) is 0. The Hall–Kier alpha value is -0.900. The lowest BCUT2D eigenvalue weighted by Crippen LogP contribution is -2.61. The third-order valence-electron chi connectivity index (χ3n) is 6.30. The zero-order valence-electron chi connectivity index (χ0n) is 11.2. The van der Waals surface area contributed by atoms with Gasteiger partial charge in [0.2, 0.25) is 11.8 Å². The van der Waals surface area contributed by atoms with Gasteiger partial charge in [-0.2, -0.15) is 0 Å². The molecule has 0 unspecified atom stereocenters. The van der Waals surface area contributed by atoms with Crippen molar-refractivity contribution in [3.05, 3.63) is 0 Å². The Balaban J connectivity index is 1.74. The van der Waals surface area contributed by atoms with Gasteiger partial charge in [-0.1, -0.05) is 20.8 Å². The van der Waals surface area contributed by atoms with Gasteiger partial charge in [-0.05, 0) is 18.3 Å². The van der Waals surface area contributed by atoms with Crippen molar-refractivity contribution in [3.8, 4) is 0 Å². The molecule has 4 aliphatic rings. The molecule has 18 heavy (non-hydrogen) atoms. The van der Waals surface area contributed by atoms with Gasteiger partial charge in [0.15, 0.2) is 0 Å². The molecule has 0 N–H and O–H groups in total. The summed E-state index contributed by atoms with van der Waals surface area (Å²) < 4.78 is 5.17. The first-order valence-electron chi connectivity index (χ1n) is 6.84. The number of carbonyl (C=O) groups is 2. The van der Waals surface area contributed by atoms with Crippen LogP contribution < -0.4 is 0 Å². The third-order valence-corrected chi connectivity index (χ3v) is 6.30. The number of imide groups is 1. The molecule has 2 saturated heterocycles. The second-order valence-electron chi connectivity index (χ2n) is 7.17. The van der Waals surface area contributed by atoms with E-state index >= 15 is 0 Å². The molecule has 2 heterocycles. The molecule has 0 bridgehead atoms. The van der Waals surface area contributed by atoms with E-state index in [2.05, 4.69) is 20.8 Å². The molecule has 4 fully saturated rings. The lowest BCUT2D eigenvalue weighted by atomic mass is 9.53. The highest BCUT2D eigenvalue weighted by Gasteiger charge is 2.88. The minimum Gasteiger partial charge on any atom is -0.371 e. The number of rotatable bonds is 2. The highest BCUT2D eigenvalue weighted by atomic mass is 16.6. The number of ether oxygens (including phenoxy) is 1. The number of piperidine rings is 1. The fraction of sp³-hybridized carbons (Fsp3) is 0.857. The van der Waals surface area contributed by atoms with Crippen molar-refractivity contribution in [2.24, 2.45) is 22.2 Å². The molecule has 2 amide bonds. The number of hydrogen-bond acceptors (Lipinski definition) is 3. The summed E-state index contributed by atoms with van der Waals surface area (Å²) in [6, 6.07) is 0. The van der Waals surface area contributed by atoms with Gasteiger partial charge in [-0.15, -0.1) is 0 Å². The molecule has 2 aliphatic carbocycles. The second kappa shape index (κ2) is 2.67. The van der Waals surface area contributed by atoms with Gasteiger partial charge in [-0.3, -0.25) is 14.5 Å². The summed E-state index contributed by atoms with van der Waals surface area (Å²) >= 11 is 0. The standard InChI is InChI=1S/C14H19NO3/c1-12(2)9-10(16)15(6-8-7-18-8)11(17)13(3)4-5-14(9,12)13/h8-9H,4-7H2,1-3H3/t8-,9+,13-,14-/m1/s1. The maximum Gasteiger partial charge on any atom is 0.235 e. The smallest absolute Gasteiger partial charge is 0.235 e. The predicted molar refractivity (Wildman–Crippen MR) is 63.5 cm³/mol. The molecule has 1 spiro atoms. The first kappa shape index (κ1) is 11.0. The van der Waals surface area contributed by atoms with Crippen molar-refractivity contribution in [1.82, 2.24) is 4.90 Å². The van der Waals surface area contributed by atoms with Gasteiger partial charge in [0.25, 0.3) is 0 Å². The molecule has 4 heteroatoms. The van der Waals surface area contributed by atoms with E-state index in [0.717, 1.165) is 12.8 Å². The van der Waals surface area contributed by atoms with E-state index < -0.39 is 0 Å². The Morgan fingerprint density at radius 2 is 1.94 bits per heavy atom. The van der Waals surface area contributed by atoms with Crippen LogP contribution in [0.2, 0.25) is 0 Å². The van der Waals surface area contributed by atoms with Gasteiger partial charge in [0, 0.05) is 5.41 Å². The highest BCUT2D eigenvalue weighted by molar-refractivity contribution is 6.07. The molecule has 4 rings (SSSR count). The Bertz CT molecular complexity index is 481. The normalized spacial score (nSPS) is 51.4. The molecule has 0 aromatic carbocycles. The van der Waals surface area contributed by atoms with Crippen LogP contribution >= 0.6 is 0 Å². The number of epoxide rings is 1. The average Bonchev–Trinajstić information content (AvgIpc) is 3.16. The van der Waals surface area contributed by atoms with Crippen molar-refractivity contribution < 1.29 is 14.3 Å². The van der Waals surface area contributed by atoms with Crippen molar-refractivity contribution in [2.75, 3.05) is 13.2 Å². The Morgan fingerprint density at radius 1 is 1.28 bits per heavy atom. The number of amides is 2. The molecular formula is C14H19NO3. The molecule has 2 saturated carbocycles. The van der Waals surface area contributed by atoms with Gasteiger partial charge < -0.3 is 4.74 Å². The highest BCUT2D eigenvalue weighted by Crippen LogP contribution is 2.86. The Morgan fingerprint density at radius 3 is 2.44 bits per heavy atom. The van der Waals surface area contributed by atoms with Crippen LogP contribution in [0.25, 0.3) is 0 Å². The van der Waals surface area contributed by atoms with E-state index in [1.165, 1.54) is 4.90 Å². The number of carbonyl (C=O) groups excluding carboxylic acids is 2. The lowest BCUT2D eigenvalue weighted by molar-refractivity contribution is -0.172. The lowest BCUT2D eigenvalue weighted by Gasteiger charge is -2.53. The van der Waals surface area contributed by atoms with Gasteiger partial charge in [0.05, 0.1) is 30.6 Å². The Kier molecular flexibility index (Phi) is 1.63. The van der Waals surface area contributed by atoms with Crippen LogP contribution in [0.4, 0.5) is 0 Å². The van der Waals surface area contributed by atoms with Crippen molar-refractivity contribution in [1.29, 1.82) is 0 Å². The average molecular weight is 249 g/mol. The van der Waals surface area contributed by atoms with Gasteiger partial charge >= 0.3 is 0 Å². The molecule has 2 aliphatic heterocycles. The van der Waals surface area contributed by atoms with E-state index in [0.29, 0.717) is 13.2 Å². The summed E-state index contributed by atoms with van der Waals surface area (Å²) in [5.74, 6) is 0.161. The fourth-order valence-corrected chi connectivity index (χ4v) is 5.04. The molecule has 98 valence electrons. The van der Waals surface area contributed by atoms with E-state index in [1.807, 2.05) is 0 Å². The monoisotopic (exact) mass is 249 g/mol. The zero-order chi connectivity index (χ0) is 12.9. The molecule has 0 aromatic heterocycles. The van der Waals surface area contributed by atoms with Crippen LogP contribution in [-0.4, -0.2) is 36.0 Å². The van der Waals surface area contributed by atoms with Gasteiger partial charge in [0.1, 0.15) is 0 Å². The van der Waals surface area contributed by atoms with E-state index in [9.17, 15) is 9.59 Å². The SMILES string of the molecule is CC1(C)[C@@H]2C(=O)N(C[C@@H]3CO3)C(=O)[C@@]3(C)CC[C@@]213. The quantitative estimate of drug-likeness (QED) is 0.546. The van der Waals surface area contributed by atoms with Crippen LogP contribution in [-0.2, 0) is 14.3 Å². The number of nitrogens with zero attached hydrogens (tertiary/aromatic N) is 1. The summed E-state index contributed by atoms with van der Waals surface area (Å²) in [4.78, 5) is 26.7. The molecule has 4 atom stereocenters. The van der Waals surface area contributed by atoms with Crippen LogP contribution in [0.1, 0.15) is 33.6 Å². The van der Waals surface area contributed by atoms with Crippen LogP contribution in [0.5, 0.6) is 0 Å². The predicted octanol–water partition coefficient (Wildman–Crippen LogP) is 1.20. The maximum atomic E-state index is 12.7. The second-order valence-corrected chi connectivity index (χ2v) is 7.17. The molecule has 4 nitrogen and oxygen atoms in total. The summed E-state index contributed by atoms with van der Waals surface area (Å²) in [5, 5.41) is 0. The summed E-state index contributed by atoms with van der Waals surface area (Å²) in [6.07, 6.45) is 2.06. The van der Waals surface area contributed by atoms with Crippen LogP contribution in [0.3, 0.4) is 0 Å². The van der Waals surface area contributed by atoms with Crippen molar-refractivity contribution in [3.63, 3.8) is 0 Å². The Labute approximate surface area is 107 Å². The number of likely N-dealkylation sites (tertiary alicyclic amines) is 1. The van der Waals surface area contributed by atoms with Crippen molar-refractivity contribution >= 4 is 11.8 Å². The van der Waals surface area contributed by atoms with E-state index in [-0.39, 0.29) is 40.1 Å². The number of hydrogen-bond donors (Lipinski definition) is 0. The van der Waals surface area contributed by atoms with Gasteiger partial charge in [-0.25, -0.2) is 0 Å². The third kappa shape index (κ3) is 0.859. The minimum absolute atomic E-state index is 0.00803. The maximum absolute atomic E-state index is 12.7. The van der Waals surface area contributed by atoms with Crippen LogP contribution in [0, 0.1) is 22.2 Å². The zero-order valence-corrected chi connectivity index (χ0v) is 11.2. The van der Waals surface area contributed by atoms with Crippen molar-refractivity contribution in [2.45, 2.75) is 39.7 Å². The largest absolute Gasteiger partial charge is 0.371 e. The summed E-state index contributed by atoms with van der Waals surface area (Å²) in [5.41, 5.74) is -0.342. The topological polar surface area (TPSA) is 49.9 Å². The van der Waals surface area contributed by atoms with E-state index in [1.54, 1.807) is 0 Å². The molecule has 0 radical (unpaired) electrons. The molecular weight excluding hydrogens is 230 g/mol. The van der Waals surface area contributed by atoms with Crippen LogP contribution in [0.15, 0.2) is 0 Å². The van der Waals surface area contributed by atoms with E-state index in [4.69, 9.17) is 4.74 Å². The molecule has 0 aromatic rings. The first-order valence-corrected chi connectivity index (χ1v) is 6.84. The fourth-order valence-electron chi connectivity index (χ4n) is 5.04. The first-order chi connectivity index (χ1) is 8.36. The summed E-state index contributed by atoms with van der Waals surface area (Å²) in [6.45, 7) is 7.52. The minimum atomic E-state index is -0.302.